The van der Waals surface area contributed by atoms with Crippen LogP contribution in [0.1, 0.15) is 37.3 Å². The maximum atomic E-state index is 13.0. The first kappa shape index (κ1) is 27.5. The van der Waals surface area contributed by atoms with Crippen LogP contribution in [0.25, 0.3) is 0 Å². The normalized spacial score (nSPS) is 12.2. The molecule has 0 bridgehead atoms. The van der Waals surface area contributed by atoms with E-state index < -0.39 is 35.6 Å². The van der Waals surface area contributed by atoms with E-state index in [0.29, 0.717) is 17.7 Å². The van der Waals surface area contributed by atoms with Crippen LogP contribution in [0.3, 0.4) is 0 Å². The van der Waals surface area contributed by atoms with E-state index in [1.165, 1.54) is 19.1 Å². The highest BCUT2D eigenvalue weighted by Crippen LogP contribution is 2.13. The summed E-state index contributed by atoms with van der Waals surface area (Å²) >= 11 is 5.88. The molecule has 0 radical (unpaired) electrons. The zero-order valence-corrected chi connectivity index (χ0v) is 20.1. The molecule has 0 aromatic heterocycles. The number of aryl methyl sites for hydroxylation is 1. The van der Waals surface area contributed by atoms with E-state index in [0.717, 1.165) is 11.1 Å². The number of phenols is 1. The van der Waals surface area contributed by atoms with Crippen LogP contribution < -0.4 is 16.0 Å². The van der Waals surface area contributed by atoms with Crippen molar-refractivity contribution in [3.8, 4) is 5.75 Å². The Morgan fingerprint density at radius 2 is 1.51 bits per heavy atom. The standard InChI is InChI=1S/C25H29ClN4O5/c1-16(31)29-23(12-6-17-4-9-20(32)10-5-17)25(35)30-22(13-11-21(33)14-27)24(34)28-15-18-2-7-19(26)8-3-18/h2-5,7-10,14,22-23,27,32H,6,11-13,15H2,1H3,(H,28,34)(H,29,31)(H,30,35)/t22-,23-/m0/s1. The minimum atomic E-state index is -1.04. The van der Waals surface area contributed by atoms with Gasteiger partial charge < -0.3 is 26.5 Å². The number of amides is 3. The topological polar surface area (TPSA) is 148 Å². The number of aromatic hydroxyl groups is 1. The first-order chi connectivity index (χ1) is 16.7. The molecule has 0 saturated heterocycles. The molecule has 186 valence electrons. The van der Waals surface area contributed by atoms with E-state index in [-0.39, 0.29) is 31.6 Å². The molecule has 2 rings (SSSR count). The van der Waals surface area contributed by atoms with E-state index in [9.17, 15) is 24.3 Å². The lowest BCUT2D eigenvalue weighted by Crippen LogP contribution is -2.53. The lowest BCUT2D eigenvalue weighted by atomic mass is 10.0. The van der Waals surface area contributed by atoms with Gasteiger partial charge in [-0.05, 0) is 54.7 Å². The molecular formula is C25H29ClN4O5. The Balaban J connectivity index is 2.07. The second kappa shape index (κ2) is 13.9. The van der Waals surface area contributed by atoms with E-state index in [4.69, 9.17) is 17.0 Å². The number of ketones is 1. The summed E-state index contributed by atoms with van der Waals surface area (Å²) in [4.78, 5) is 49.2. The van der Waals surface area contributed by atoms with Crippen LogP contribution in [-0.2, 0) is 32.1 Å². The van der Waals surface area contributed by atoms with Gasteiger partial charge >= 0.3 is 0 Å². The van der Waals surface area contributed by atoms with Crippen molar-refractivity contribution in [2.24, 2.45) is 0 Å². The molecule has 0 fully saturated rings. The van der Waals surface area contributed by atoms with Crippen LogP contribution in [0.2, 0.25) is 5.02 Å². The lowest BCUT2D eigenvalue weighted by molar-refractivity contribution is -0.132. The highest BCUT2D eigenvalue weighted by atomic mass is 35.5. The molecule has 0 spiro atoms. The molecule has 10 heteroatoms. The summed E-state index contributed by atoms with van der Waals surface area (Å²) in [5, 5.41) is 25.0. The molecule has 0 aliphatic carbocycles. The number of benzene rings is 2. The van der Waals surface area contributed by atoms with Gasteiger partial charge in [-0.1, -0.05) is 35.9 Å². The summed E-state index contributed by atoms with van der Waals surface area (Å²) in [6, 6.07) is 11.4. The predicted molar refractivity (Wildman–Crippen MR) is 132 cm³/mol. The van der Waals surface area contributed by atoms with Gasteiger partial charge in [0.2, 0.25) is 17.7 Å². The van der Waals surface area contributed by atoms with Gasteiger partial charge in [-0.2, -0.15) is 0 Å². The van der Waals surface area contributed by atoms with E-state index in [2.05, 4.69) is 16.0 Å². The van der Waals surface area contributed by atoms with Gasteiger partial charge in [-0.3, -0.25) is 19.2 Å². The Bertz CT molecular complexity index is 1040. The van der Waals surface area contributed by atoms with E-state index in [1.807, 2.05) is 0 Å². The van der Waals surface area contributed by atoms with Crippen molar-refractivity contribution in [3.05, 3.63) is 64.7 Å². The molecule has 2 aromatic carbocycles. The molecule has 5 N–H and O–H groups in total. The Kier molecular flexibility index (Phi) is 10.9. The average Bonchev–Trinajstić information content (AvgIpc) is 2.84. The second-order valence-electron chi connectivity index (χ2n) is 8.01. The monoisotopic (exact) mass is 500 g/mol. The molecule has 0 heterocycles. The summed E-state index contributed by atoms with van der Waals surface area (Å²) < 4.78 is 0. The quantitative estimate of drug-likeness (QED) is 0.267. The van der Waals surface area contributed by atoms with Crippen LogP contribution in [-0.4, -0.2) is 46.9 Å². The van der Waals surface area contributed by atoms with E-state index >= 15 is 0 Å². The highest BCUT2D eigenvalue weighted by Gasteiger charge is 2.26. The van der Waals surface area contributed by atoms with Crippen molar-refractivity contribution in [1.29, 1.82) is 5.41 Å². The van der Waals surface area contributed by atoms with Crippen molar-refractivity contribution in [2.75, 3.05) is 0 Å². The fourth-order valence-electron chi connectivity index (χ4n) is 3.30. The number of hydrogen-bond donors (Lipinski definition) is 5. The van der Waals surface area contributed by atoms with Crippen molar-refractivity contribution in [3.63, 3.8) is 0 Å². The van der Waals surface area contributed by atoms with Crippen molar-refractivity contribution >= 4 is 41.3 Å². The predicted octanol–water partition coefficient (Wildman–Crippen LogP) is 2.28. The molecule has 35 heavy (non-hydrogen) atoms. The van der Waals surface area contributed by atoms with E-state index in [1.54, 1.807) is 36.4 Å². The largest absolute Gasteiger partial charge is 0.508 e. The summed E-state index contributed by atoms with van der Waals surface area (Å²) in [5.74, 6) is -1.81. The van der Waals surface area contributed by atoms with Crippen molar-refractivity contribution < 1.29 is 24.3 Å². The summed E-state index contributed by atoms with van der Waals surface area (Å²) in [6.07, 6.45) is 1.27. The number of nitrogens with one attached hydrogen (secondary N) is 4. The molecule has 0 unspecified atom stereocenters. The molecule has 3 amide bonds. The minimum absolute atomic E-state index is 0.00282. The smallest absolute Gasteiger partial charge is 0.243 e. The van der Waals surface area contributed by atoms with Gasteiger partial charge in [0.25, 0.3) is 0 Å². The summed E-state index contributed by atoms with van der Waals surface area (Å²) in [7, 11) is 0. The van der Waals surface area contributed by atoms with Gasteiger partial charge in [0.15, 0.2) is 5.78 Å². The molecule has 9 nitrogen and oxygen atoms in total. The first-order valence-electron chi connectivity index (χ1n) is 11.1. The molecule has 0 saturated carbocycles. The Morgan fingerprint density at radius 3 is 2.11 bits per heavy atom. The van der Waals surface area contributed by atoms with Crippen molar-refractivity contribution in [2.45, 2.75) is 51.2 Å². The second-order valence-corrected chi connectivity index (χ2v) is 8.45. The first-order valence-corrected chi connectivity index (χ1v) is 11.5. The fraction of sp³-hybridized carbons (Fsp3) is 0.320. The molecule has 2 aromatic rings. The van der Waals surface area contributed by atoms with Gasteiger partial charge in [0, 0.05) is 24.9 Å². The summed E-state index contributed by atoms with van der Waals surface area (Å²) in [5.41, 5.74) is 1.66. The van der Waals surface area contributed by atoms with Gasteiger partial charge in [-0.15, -0.1) is 0 Å². The number of rotatable bonds is 13. The SMILES string of the molecule is CC(=O)N[C@@H](CCc1ccc(O)cc1)C(=O)N[C@@H](CCC(=O)C=N)C(=O)NCc1ccc(Cl)cc1. The third-order valence-electron chi connectivity index (χ3n) is 5.21. The third-order valence-corrected chi connectivity index (χ3v) is 5.46. The molecule has 0 aliphatic rings. The van der Waals surface area contributed by atoms with Crippen LogP contribution >= 0.6 is 11.6 Å². The number of Topliss-reactive ketones (excluding diaryl/α,β-unsaturated/α-hetero) is 1. The lowest BCUT2D eigenvalue weighted by Gasteiger charge is -2.23. The summed E-state index contributed by atoms with van der Waals surface area (Å²) in [6.45, 7) is 1.48. The molecule has 2 atom stereocenters. The van der Waals surface area contributed by atoms with Gasteiger partial charge in [-0.25, -0.2) is 0 Å². The zero-order chi connectivity index (χ0) is 25.8. The highest BCUT2D eigenvalue weighted by molar-refractivity contribution is 6.30. The number of carbonyl (C=O) groups is 4. The maximum Gasteiger partial charge on any atom is 0.243 e. The number of hydrogen-bond acceptors (Lipinski definition) is 6. The van der Waals surface area contributed by atoms with Crippen LogP contribution in [0.15, 0.2) is 48.5 Å². The third kappa shape index (κ3) is 9.97. The van der Waals surface area contributed by atoms with Crippen LogP contribution in [0, 0.1) is 5.41 Å². The minimum Gasteiger partial charge on any atom is -0.508 e. The molecule has 0 aliphatic heterocycles. The maximum absolute atomic E-state index is 13.0. The van der Waals surface area contributed by atoms with Crippen molar-refractivity contribution in [1.82, 2.24) is 16.0 Å². The van der Waals surface area contributed by atoms with Gasteiger partial charge in [0.1, 0.15) is 17.8 Å². The number of halogens is 1. The zero-order valence-electron chi connectivity index (χ0n) is 19.3. The van der Waals surface area contributed by atoms with Gasteiger partial charge in [0.05, 0.1) is 6.21 Å². The fourth-order valence-corrected chi connectivity index (χ4v) is 3.43. The van der Waals surface area contributed by atoms with Crippen LogP contribution in [0.5, 0.6) is 5.75 Å². The Labute approximate surface area is 208 Å². The number of phenolic OH excluding ortho intramolecular Hbond substituents is 1. The Hall–Kier alpha value is -3.72. The number of carbonyl (C=O) groups excluding carboxylic acids is 4. The average molecular weight is 501 g/mol. The van der Waals surface area contributed by atoms with Crippen LogP contribution in [0.4, 0.5) is 0 Å². The Morgan fingerprint density at radius 1 is 0.914 bits per heavy atom. The molecular weight excluding hydrogens is 472 g/mol.